The molecule has 1 amide bonds. The van der Waals surface area contributed by atoms with Crippen molar-refractivity contribution in [3.8, 4) is 0 Å². The predicted octanol–water partition coefficient (Wildman–Crippen LogP) is 0.721. The van der Waals surface area contributed by atoms with Crippen LogP contribution in [0.4, 0.5) is 0 Å². The van der Waals surface area contributed by atoms with E-state index in [2.05, 4.69) is 46.7 Å². The van der Waals surface area contributed by atoms with E-state index in [1.54, 1.807) is 7.11 Å². The van der Waals surface area contributed by atoms with Crippen LogP contribution in [0.25, 0.3) is 0 Å². The monoisotopic (exact) mass is 335 g/mol. The third kappa shape index (κ3) is 6.20. The summed E-state index contributed by atoms with van der Waals surface area (Å²) in [6.45, 7) is 7.56. The number of nitrogens with zero attached hydrogens (tertiary/aromatic N) is 1. The largest absolute Gasteiger partial charge is 0.383 e. The topological polar surface area (TPSA) is 62.8 Å². The van der Waals surface area contributed by atoms with Gasteiger partial charge in [-0.1, -0.05) is 29.8 Å². The Morgan fingerprint density at radius 3 is 2.88 bits per heavy atom. The van der Waals surface area contributed by atoms with Crippen LogP contribution in [-0.4, -0.2) is 70.5 Å². The van der Waals surface area contributed by atoms with Gasteiger partial charge in [-0.25, -0.2) is 0 Å². The van der Waals surface area contributed by atoms with E-state index in [4.69, 9.17) is 9.47 Å². The molecular formula is C18H29N3O3. The average molecular weight is 335 g/mol. The van der Waals surface area contributed by atoms with Crippen LogP contribution < -0.4 is 10.6 Å². The molecule has 1 aromatic carbocycles. The van der Waals surface area contributed by atoms with Crippen molar-refractivity contribution in [2.75, 3.05) is 59.7 Å². The minimum Gasteiger partial charge on any atom is -0.383 e. The minimum atomic E-state index is 0.0111. The minimum absolute atomic E-state index is 0.0111. The van der Waals surface area contributed by atoms with Gasteiger partial charge in [0, 0.05) is 33.3 Å². The van der Waals surface area contributed by atoms with Crippen molar-refractivity contribution in [2.45, 2.75) is 13.0 Å². The van der Waals surface area contributed by atoms with Crippen LogP contribution in [-0.2, 0) is 14.3 Å². The normalized spacial score (nSPS) is 16.8. The van der Waals surface area contributed by atoms with Gasteiger partial charge in [0.05, 0.1) is 32.4 Å². The lowest BCUT2D eigenvalue weighted by molar-refractivity contribution is -0.120. The van der Waals surface area contributed by atoms with Crippen LogP contribution in [0.15, 0.2) is 24.3 Å². The molecule has 134 valence electrons. The molecule has 1 fully saturated rings. The molecule has 1 heterocycles. The number of rotatable bonds is 9. The highest BCUT2D eigenvalue weighted by Gasteiger charge is 2.23. The average Bonchev–Trinajstić information content (AvgIpc) is 2.60. The molecule has 0 bridgehead atoms. The van der Waals surface area contributed by atoms with Gasteiger partial charge in [0.1, 0.15) is 0 Å². The molecule has 0 saturated carbocycles. The van der Waals surface area contributed by atoms with Crippen LogP contribution >= 0.6 is 0 Å². The second-order valence-corrected chi connectivity index (χ2v) is 6.05. The number of morpholine rings is 1. The lowest BCUT2D eigenvalue weighted by Crippen LogP contribution is -2.45. The number of benzene rings is 1. The van der Waals surface area contributed by atoms with E-state index < -0.39 is 0 Å². The predicted molar refractivity (Wildman–Crippen MR) is 94.1 cm³/mol. The fraction of sp³-hybridized carbons (Fsp3) is 0.611. The summed E-state index contributed by atoms with van der Waals surface area (Å²) in [5, 5.41) is 6.12. The molecule has 6 nitrogen and oxygen atoms in total. The first-order valence-electron chi connectivity index (χ1n) is 8.55. The number of ether oxygens (including phenoxy) is 2. The number of nitrogens with one attached hydrogen (secondary N) is 2. The quantitative estimate of drug-likeness (QED) is 0.651. The highest BCUT2D eigenvalue weighted by molar-refractivity contribution is 5.78. The maximum absolute atomic E-state index is 12.0. The molecule has 24 heavy (non-hydrogen) atoms. The molecule has 0 spiro atoms. The molecule has 1 atom stereocenters. The van der Waals surface area contributed by atoms with Crippen LogP contribution in [0.2, 0.25) is 0 Å². The number of methoxy groups -OCH3 is 1. The molecule has 1 aromatic rings. The van der Waals surface area contributed by atoms with Crippen molar-refractivity contribution in [2.24, 2.45) is 0 Å². The van der Waals surface area contributed by atoms with Crippen molar-refractivity contribution < 1.29 is 14.3 Å². The van der Waals surface area contributed by atoms with E-state index in [0.29, 0.717) is 26.2 Å². The molecule has 1 aliphatic heterocycles. The van der Waals surface area contributed by atoms with Crippen molar-refractivity contribution >= 4 is 5.91 Å². The molecule has 1 aliphatic rings. The number of amides is 1. The maximum atomic E-state index is 12.0. The van der Waals surface area contributed by atoms with Crippen LogP contribution in [0.3, 0.4) is 0 Å². The lowest BCUT2D eigenvalue weighted by atomic mass is 10.0. The van der Waals surface area contributed by atoms with Crippen LogP contribution in [0, 0.1) is 6.92 Å². The zero-order chi connectivity index (χ0) is 17.2. The van der Waals surface area contributed by atoms with Gasteiger partial charge in [-0.3, -0.25) is 9.69 Å². The zero-order valence-corrected chi connectivity index (χ0v) is 14.7. The Kier molecular flexibility index (Phi) is 8.18. The van der Waals surface area contributed by atoms with Crippen LogP contribution in [0.1, 0.15) is 17.2 Å². The van der Waals surface area contributed by atoms with Crippen LogP contribution in [0.5, 0.6) is 0 Å². The Morgan fingerprint density at radius 1 is 1.38 bits per heavy atom. The summed E-state index contributed by atoms with van der Waals surface area (Å²) in [5.74, 6) is 0.0111. The Balaban J connectivity index is 1.92. The van der Waals surface area contributed by atoms with Crippen molar-refractivity contribution in [1.29, 1.82) is 0 Å². The fourth-order valence-electron chi connectivity index (χ4n) is 2.87. The smallest absolute Gasteiger partial charge is 0.234 e. The molecule has 0 aromatic heterocycles. The number of carbonyl (C=O) groups excluding carboxylic acids is 1. The van der Waals surface area contributed by atoms with E-state index in [0.717, 1.165) is 26.3 Å². The van der Waals surface area contributed by atoms with Crippen molar-refractivity contribution in [3.63, 3.8) is 0 Å². The molecule has 0 radical (unpaired) electrons. The summed E-state index contributed by atoms with van der Waals surface area (Å²) in [7, 11) is 1.65. The van der Waals surface area contributed by atoms with Gasteiger partial charge < -0.3 is 20.1 Å². The lowest BCUT2D eigenvalue weighted by Gasteiger charge is -2.35. The first kappa shape index (κ1) is 18.9. The SMILES string of the molecule is COCCNCC(=O)NCC(c1cccc(C)c1)N1CCOCC1. The molecule has 1 unspecified atom stereocenters. The maximum Gasteiger partial charge on any atom is 0.234 e. The van der Waals surface area contributed by atoms with Gasteiger partial charge in [-0.05, 0) is 12.5 Å². The van der Waals surface area contributed by atoms with Gasteiger partial charge in [-0.2, -0.15) is 0 Å². The summed E-state index contributed by atoms with van der Waals surface area (Å²) in [6, 6.07) is 8.68. The Hall–Kier alpha value is -1.47. The van der Waals surface area contributed by atoms with Crippen molar-refractivity contribution in [1.82, 2.24) is 15.5 Å². The molecule has 2 N–H and O–H groups in total. The summed E-state index contributed by atoms with van der Waals surface area (Å²) in [6.07, 6.45) is 0. The highest BCUT2D eigenvalue weighted by atomic mass is 16.5. The van der Waals surface area contributed by atoms with Gasteiger partial charge in [-0.15, -0.1) is 0 Å². The van der Waals surface area contributed by atoms with E-state index in [9.17, 15) is 4.79 Å². The fourth-order valence-corrected chi connectivity index (χ4v) is 2.87. The number of carbonyl (C=O) groups is 1. The first-order valence-corrected chi connectivity index (χ1v) is 8.55. The molecule has 6 heteroatoms. The van der Waals surface area contributed by atoms with Gasteiger partial charge >= 0.3 is 0 Å². The molecular weight excluding hydrogens is 306 g/mol. The van der Waals surface area contributed by atoms with E-state index in [1.807, 2.05) is 0 Å². The number of aryl methyl sites for hydroxylation is 1. The van der Waals surface area contributed by atoms with Gasteiger partial charge in [0.15, 0.2) is 0 Å². The Labute approximate surface area is 144 Å². The second-order valence-electron chi connectivity index (χ2n) is 6.05. The first-order chi connectivity index (χ1) is 11.7. The van der Waals surface area contributed by atoms with E-state index in [1.165, 1.54) is 11.1 Å². The number of hydrogen-bond acceptors (Lipinski definition) is 5. The molecule has 1 saturated heterocycles. The van der Waals surface area contributed by atoms with Crippen molar-refractivity contribution in [3.05, 3.63) is 35.4 Å². The number of hydrogen-bond donors (Lipinski definition) is 2. The third-order valence-corrected chi connectivity index (χ3v) is 4.17. The third-order valence-electron chi connectivity index (χ3n) is 4.17. The second kappa shape index (κ2) is 10.4. The summed E-state index contributed by atoms with van der Waals surface area (Å²) < 4.78 is 10.4. The Bertz CT molecular complexity index is 504. The van der Waals surface area contributed by atoms with Gasteiger partial charge in [0.2, 0.25) is 5.91 Å². The summed E-state index contributed by atoms with van der Waals surface area (Å²) in [5.41, 5.74) is 2.47. The summed E-state index contributed by atoms with van der Waals surface area (Å²) >= 11 is 0. The molecule has 2 rings (SSSR count). The standard InChI is InChI=1S/C18H29N3O3/c1-15-4-3-5-16(12-15)17(21-7-10-24-11-8-21)13-20-18(22)14-19-6-9-23-2/h3-5,12,17,19H,6-11,13-14H2,1-2H3,(H,20,22). The van der Waals surface area contributed by atoms with Gasteiger partial charge in [0.25, 0.3) is 0 Å². The Morgan fingerprint density at radius 2 is 2.17 bits per heavy atom. The highest BCUT2D eigenvalue weighted by Crippen LogP contribution is 2.22. The summed E-state index contributed by atoms with van der Waals surface area (Å²) in [4.78, 5) is 14.4. The zero-order valence-electron chi connectivity index (χ0n) is 14.7. The van der Waals surface area contributed by atoms with E-state index in [-0.39, 0.29) is 11.9 Å². The molecule has 0 aliphatic carbocycles. The van der Waals surface area contributed by atoms with E-state index >= 15 is 0 Å².